The molecule has 20 heavy (non-hydrogen) atoms. The average molecular weight is 280 g/mol. The number of benzene rings is 2. The van der Waals surface area contributed by atoms with Crippen molar-refractivity contribution in [1.29, 1.82) is 0 Å². The van der Waals surface area contributed by atoms with Gasteiger partial charge in [-0.1, -0.05) is 48.5 Å². The van der Waals surface area contributed by atoms with Crippen LogP contribution >= 0.6 is 0 Å². The maximum absolute atomic E-state index is 12.7. The number of hydrogen-bond donors (Lipinski definition) is 1. The molecule has 0 radical (unpaired) electrons. The largest absolute Gasteiger partial charge is 0.416 e. The third-order valence-corrected chi connectivity index (χ3v) is 3.20. The van der Waals surface area contributed by atoms with Crippen molar-refractivity contribution >= 4 is 0 Å². The molecule has 0 amide bonds. The summed E-state index contributed by atoms with van der Waals surface area (Å²) in [5, 5.41) is 10.5. The Labute approximate surface area is 115 Å². The third-order valence-electron chi connectivity index (χ3n) is 3.20. The highest BCUT2D eigenvalue weighted by Gasteiger charge is 2.31. The van der Waals surface area contributed by atoms with E-state index in [9.17, 15) is 18.3 Å². The summed E-state index contributed by atoms with van der Waals surface area (Å²) in [6.45, 7) is 1.60. The molecule has 4 heteroatoms. The quantitative estimate of drug-likeness (QED) is 0.895. The highest BCUT2D eigenvalue weighted by molar-refractivity contribution is 5.30. The minimum absolute atomic E-state index is 0.126. The van der Waals surface area contributed by atoms with E-state index in [1.54, 1.807) is 37.3 Å². The Kier molecular flexibility index (Phi) is 3.86. The fraction of sp³-hybridized carbons (Fsp3) is 0.250. The molecule has 0 fully saturated rings. The summed E-state index contributed by atoms with van der Waals surface area (Å²) in [5.74, 6) is 0. The van der Waals surface area contributed by atoms with Gasteiger partial charge in [0.05, 0.1) is 11.2 Å². The molecule has 1 unspecified atom stereocenters. The van der Waals surface area contributed by atoms with Crippen LogP contribution in [0.4, 0.5) is 13.2 Å². The van der Waals surface area contributed by atoms with Gasteiger partial charge in [-0.15, -0.1) is 0 Å². The van der Waals surface area contributed by atoms with Crippen LogP contribution in [0.5, 0.6) is 0 Å². The van der Waals surface area contributed by atoms with Crippen LogP contribution in [0.25, 0.3) is 0 Å². The van der Waals surface area contributed by atoms with Crippen LogP contribution in [0.1, 0.15) is 23.6 Å². The van der Waals surface area contributed by atoms with Gasteiger partial charge in [0, 0.05) is 6.42 Å². The average Bonchev–Trinajstić information content (AvgIpc) is 2.38. The molecule has 0 aromatic heterocycles. The molecule has 1 atom stereocenters. The second kappa shape index (κ2) is 5.29. The van der Waals surface area contributed by atoms with Gasteiger partial charge >= 0.3 is 6.18 Å². The molecule has 2 aromatic carbocycles. The number of aliphatic hydroxyl groups is 1. The molecule has 1 N–H and O–H groups in total. The van der Waals surface area contributed by atoms with Gasteiger partial charge in [0.15, 0.2) is 0 Å². The molecule has 0 saturated heterocycles. The van der Waals surface area contributed by atoms with Gasteiger partial charge in [-0.05, 0) is 24.1 Å². The summed E-state index contributed by atoms with van der Waals surface area (Å²) in [6, 6.07) is 14.0. The minimum atomic E-state index is -4.37. The van der Waals surface area contributed by atoms with Crippen LogP contribution in [-0.2, 0) is 18.2 Å². The fourth-order valence-corrected chi connectivity index (χ4v) is 2.15. The fourth-order valence-electron chi connectivity index (χ4n) is 2.15. The van der Waals surface area contributed by atoms with Crippen molar-refractivity contribution in [2.75, 3.05) is 0 Å². The zero-order valence-electron chi connectivity index (χ0n) is 11.0. The van der Waals surface area contributed by atoms with Crippen LogP contribution in [0.2, 0.25) is 0 Å². The molecule has 2 aromatic rings. The van der Waals surface area contributed by atoms with E-state index < -0.39 is 17.3 Å². The Morgan fingerprint density at radius 3 is 2.10 bits per heavy atom. The first-order valence-electron chi connectivity index (χ1n) is 6.23. The lowest BCUT2D eigenvalue weighted by atomic mass is 9.88. The Morgan fingerprint density at radius 1 is 0.900 bits per heavy atom. The second-order valence-electron chi connectivity index (χ2n) is 5.01. The molecule has 0 heterocycles. The minimum Gasteiger partial charge on any atom is -0.385 e. The highest BCUT2D eigenvalue weighted by Crippen LogP contribution is 2.31. The van der Waals surface area contributed by atoms with E-state index in [1.807, 2.05) is 6.07 Å². The molecular formula is C16H15F3O. The van der Waals surface area contributed by atoms with Crippen LogP contribution in [0, 0.1) is 0 Å². The molecule has 106 valence electrons. The van der Waals surface area contributed by atoms with E-state index in [1.165, 1.54) is 6.07 Å². The van der Waals surface area contributed by atoms with Crippen molar-refractivity contribution in [3.8, 4) is 0 Å². The number of hydrogen-bond acceptors (Lipinski definition) is 1. The van der Waals surface area contributed by atoms with E-state index in [4.69, 9.17) is 0 Å². The molecular weight excluding hydrogens is 265 g/mol. The summed E-state index contributed by atoms with van der Waals surface area (Å²) in [7, 11) is 0. The van der Waals surface area contributed by atoms with E-state index in [-0.39, 0.29) is 6.42 Å². The summed E-state index contributed by atoms with van der Waals surface area (Å²) in [5.41, 5.74) is -0.768. The van der Waals surface area contributed by atoms with Gasteiger partial charge < -0.3 is 5.11 Å². The lowest BCUT2D eigenvalue weighted by molar-refractivity contribution is -0.137. The van der Waals surface area contributed by atoms with Gasteiger partial charge in [-0.2, -0.15) is 13.2 Å². The zero-order chi connectivity index (χ0) is 14.8. The molecule has 0 aliphatic rings. The van der Waals surface area contributed by atoms with Crippen molar-refractivity contribution in [2.45, 2.75) is 25.1 Å². The van der Waals surface area contributed by atoms with Crippen molar-refractivity contribution in [3.63, 3.8) is 0 Å². The topological polar surface area (TPSA) is 20.2 Å². The van der Waals surface area contributed by atoms with Crippen LogP contribution in [0.15, 0.2) is 54.6 Å². The van der Waals surface area contributed by atoms with E-state index in [0.29, 0.717) is 11.1 Å². The van der Waals surface area contributed by atoms with Gasteiger partial charge in [-0.25, -0.2) is 0 Å². The third kappa shape index (κ3) is 3.39. The molecule has 0 saturated carbocycles. The van der Waals surface area contributed by atoms with Crippen molar-refractivity contribution in [2.24, 2.45) is 0 Å². The molecule has 0 bridgehead atoms. The number of rotatable bonds is 3. The van der Waals surface area contributed by atoms with E-state index in [2.05, 4.69) is 0 Å². The standard InChI is InChI=1S/C16H15F3O/c1-15(20,13-7-3-2-4-8-13)11-12-6-5-9-14(10-12)16(17,18)19/h2-10,20H,11H2,1H3. The van der Waals surface area contributed by atoms with Crippen LogP contribution in [-0.4, -0.2) is 5.11 Å². The lowest BCUT2D eigenvalue weighted by Crippen LogP contribution is -2.24. The monoisotopic (exact) mass is 280 g/mol. The van der Waals surface area contributed by atoms with Crippen LogP contribution in [0.3, 0.4) is 0 Å². The molecule has 2 rings (SSSR count). The first-order valence-corrected chi connectivity index (χ1v) is 6.23. The Balaban J connectivity index is 2.26. The van der Waals surface area contributed by atoms with Crippen molar-refractivity contribution in [3.05, 3.63) is 71.3 Å². The molecule has 0 aliphatic carbocycles. The lowest BCUT2D eigenvalue weighted by Gasteiger charge is -2.24. The van der Waals surface area contributed by atoms with E-state index >= 15 is 0 Å². The second-order valence-corrected chi connectivity index (χ2v) is 5.01. The van der Waals surface area contributed by atoms with Crippen molar-refractivity contribution in [1.82, 2.24) is 0 Å². The van der Waals surface area contributed by atoms with E-state index in [0.717, 1.165) is 12.1 Å². The summed E-state index contributed by atoms with van der Waals surface area (Å²) in [6.07, 6.45) is -4.24. The number of alkyl halides is 3. The van der Waals surface area contributed by atoms with Gasteiger partial charge in [0.2, 0.25) is 0 Å². The van der Waals surface area contributed by atoms with Gasteiger partial charge in [0.25, 0.3) is 0 Å². The molecule has 0 spiro atoms. The maximum atomic E-state index is 12.7. The maximum Gasteiger partial charge on any atom is 0.416 e. The molecule has 1 nitrogen and oxygen atoms in total. The number of halogens is 3. The Bertz CT molecular complexity index is 574. The predicted octanol–water partition coefficient (Wildman–Crippen LogP) is 4.16. The Hall–Kier alpha value is -1.81. The first kappa shape index (κ1) is 14.6. The smallest absolute Gasteiger partial charge is 0.385 e. The normalized spacial score (nSPS) is 14.8. The predicted molar refractivity (Wildman–Crippen MR) is 71.2 cm³/mol. The van der Waals surface area contributed by atoms with Crippen molar-refractivity contribution < 1.29 is 18.3 Å². The first-order chi connectivity index (χ1) is 9.29. The van der Waals surface area contributed by atoms with Gasteiger partial charge in [-0.3, -0.25) is 0 Å². The zero-order valence-corrected chi connectivity index (χ0v) is 11.0. The molecule has 0 aliphatic heterocycles. The van der Waals surface area contributed by atoms with Gasteiger partial charge in [0.1, 0.15) is 0 Å². The summed E-state index contributed by atoms with van der Waals surface area (Å²) >= 11 is 0. The highest BCUT2D eigenvalue weighted by atomic mass is 19.4. The summed E-state index contributed by atoms with van der Waals surface area (Å²) in [4.78, 5) is 0. The summed E-state index contributed by atoms with van der Waals surface area (Å²) < 4.78 is 38.0. The van der Waals surface area contributed by atoms with Crippen LogP contribution < -0.4 is 0 Å². The Morgan fingerprint density at radius 2 is 1.50 bits per heavy atom. The SMILES string of the molecule is CC(O)(Cc1cccc(C(F)(F)F)c1)c1ccccc1.